The van der Waals surface area contributed by atoms with Gasteiger partial charge in [0.2, 0.25) is 11.8 Å². The summed E-state index contributed by atoms with van der Waals surface area (Å²) in [7, 11) is 0. The normalized spacial score (nSPS) is 18.7. The monoisotopic (exact) mass is 472 g/mol. The minimum atomic E-state index is -0.796. The van der Waals surface area contributed by atoms with Crippen LogP contribution in [0.4, 0.5) is 0 Å². The predicted octanol–water partition coefficient (Wildman–Crippen LogP) is 5.09. The van der Waals surface area contributed by atoms with Gasteiger partial charge in [0.25, 0.3) is 0 Å². The van der Waals surface area contributed by atoms with Crippen LogP contribution in [0.25, 0.3) is 0 Å². The zero-order valence-corrected chi connectivity index (χ0v) is 20.7. The van der Waals surface area contributed by atoms with Gasteiger partial charge in [-0.2, -0.15) is 0 Å². The van der Waals surface area contributed by atoms with Gasteiger partial charge in [-0.3, -0.25) is 19.5 Å². The summed E-state index contributed by atoms with van der Waals surface area (Å²) in [5.74, 6) is 0.561. The Morgan fingerprint density at radius 2 is 1.60 bits per heavy atom. The number of carbonyl (C=O) groups excluding carboxylic acids is 2. The third kappa shape index (κ3) is 5.37. The van der Waals surface area contributed by atoms with E-state index in [1.165, 1.54) is 4.90 Å². The molecule has 0 saturated carbocycles. The van der Waals surface area contributed by atoms with E-state index >= 15 is 0 Å². The fourth-order valence-corrected chi connectivity index (χ4v) is 4.70. The van der Waals surface area contributed by atoms with Crippen molar-refractivity contribution in [3.8, 4) is 11.5 Å². The quantitative estimate of drug-likeness (QED) is 0.462. The maximum absolute atomic E-state index is 13.3. The van der Waals surface area contributed by atoms with Gasteiger partial charge in [0, 0.05) is 36.4 Å². The predicted molar refractivity (Wildman–Crippen MR) is 134 cm³/mol. The van der Waals surface area contributed by atoms with Gasteiger partial charge in [0.05, 0.1) is 18.6 Å². The number of ether oxygens (including phenoxy) is 1. The molecule has 1 N–H and O–H groups in total. The number of carbonyl (C=O) groups is 2. The van der Waals surface area contributed by atoms with E-state index in [0.717, 1.165) is 40.2 Å². The second-order valence-corrected chi connectivity index (χ2v) is 9.69. The molecule has 1 aliphatic heterocycles. The van der Waals surface area contributed by atoms with Crippen LogP contribution in [0.15, 0.2) is 60.7 Å². The number of aromatic nitrogens is 1. The van der Waals surface area contributed by atoms with Gasteiger partial charge >= 0.3 is 0 Å². The molecule has 2 aromatic carbocycles. The van der Waals surface area contributed by atoms with Crippen LogP contribution in [-0.4, -0.2) is 33.4 Å². The Hall–Kier alpha value is -3.67. The van der Waals surface area contributed by atoms with Crippen molar-refractivity contribution in [2.24, 2.45) is 5.41 Å². The number of aromatic hydroxyl groups is 1. The summed E-state index contributed by atoms with van der Waals surface area (Å²) in [5, 5.41) is 9.49. The zero-order valence-electron chi connectivity index (χ0n) is 20.7. The van der Waals surface area contributed by atoms with E-state index in [1.54, 1.807) is 24.3 Å². The van der Waals surface area contributed by atoms with E-state index in [1.807, 2.05) is 52.0 Å². The van der Waals surface area contributed by atoms with Crippen molar-refractivity contribution in [1.29, 1.82) is 0 Å². The van der Waals surface area contributed by atoms with Crippen LogP contribution in [-0.2, 0) is 22.6 Å². The number of hydrogen-bond acceptors (Lipinski definition) is 5. The van der Waals surface area contributed by atoms with Crippen molar-refractivity contribution in [1.82, 2.24) is 9.88 Å². The lowest BCUT2D eigenvalue weighted by Crippen LogP contribution is -2.36. The first kappa shape index (κ1) is 24.5. The largest absolute Gasteiger partial charge is 0.508 e. The van der Waals surface area contributed by atoms with E-state index in [4.69, 9.17) is 4.74 Å². The first-order chi connectivity index (χ1) is 16.7. The number of amides is 2. The molecule has 2 amide bonds. The SMILES string of the molecule is Cc1cc(OCCc2ccc([C@@H](C)[C@]3(C)CC(=O)N(Cc4ccc(O)cc4)C3=O)cc2)cc(C)n1. The zero-order chi connectivity index (χ0) is 25.2. The number of benzene rings is 2. The molecule has 2 heterocycles. The molecule has 1 fully saturated rings. The molecule has 2 atom stereocenters. The Labute approximate surface area is 206 Å². The van der Waals surface area contributed by atoms with Crippen LogP contribution in [0.1, 0.15) is 54.3 Å². The van der Waals surface area contributed by atoms with Crippen LogP contribution < -0.4 is 4.74 Å². The molecule has 0 radical (unpaired) electrons. The number of phenolic OH excluding ortho intramolecular Hbond substituents is 1. The first-order valence-electron chi connectivity index (χ1n) is 12.0. The van der Waals surface area contributed by atoms with Gasteiger partial charge in [0.1, 0.15) is 11.5 Å². The van der Waals surface area contributed by atoms with Crippen LogP contribution in [0.2, 0.25) is 0 Å². The van der Waals surface area contributed by atoms with Gasteiger partial charge in [-0.25, -0.2) is 0 Å². The molecule has 4 rings (SSSR count). The van der Waals surface area contributed by atoms with E-state index in [2.05, 4.69) is 17.1 Å². The van der Waals surface area contributed by atoms with Crippen molar-refractivity contribution >= 4 is 11.8 Å². The molecule has 1 aliphatic rings. The number of nitrogens with zero attached hydrogens (tertiary/aromatic N) is 2. The van der Waals surface area contributed by atoms with Gasteiger partial charge in [-0.15, -0.1) is 0 Å². The number of aryl methyl sites for hydroxylation is 2. The molecule has 1 saturated heterocycles. The highest BCUT2D eigenvalue weighted by Crippen LogP contribution is 2.45. The fraction of sp³-hybridized carbons (Fsp3) is 0.345. The number of hydrogen-bond donors (Lipinski definition) is 1. The second-order valence-electron chi connectivity index (χ2n) is 9.69. The minimum absolute atomic E-state index is 0.114. The fourth-order valence-electron chi connectivity index (χ4n) is 4.70. The number of rotatable bonds is 8. The average Bonchev–Trinajstić information content (AvgIpc) is 3.03. The van der Waals surface area contributed by atoms with E-state index in [0.29, 0.717) is 6.61 Å². The molecule has 6 heteroatoms. The Bertz CT molecular complexity index is 1200. The van der Waals surface area contributed by atoms with Gasteiger partial charge in [-0.05, 0) is 55.5 Å². The van der Waals surface area contributed by atoms with Crippen LogP contribution in [0, 0.1) is 19.3 Å². The Kier molecular flexibility index (Phi) is 6.92. The van der Waals surface area contributed by atoms with E-state index in [9.17, 15) is 14.7 Å². The maximum Gasteiger partial charge on any atom is 0.236 e. The second kappa shape index (κ2) is 9.90. The van der Waals surface area contributed by atoms with Gasteiger partial charge in [0.15, 0.2) is 0 Å². The topological polar surface area (TPSA) is 79.7 Å². The molecule has 6 nitrogen and oxygen atoms in total. The van der Waals surface area contributed by atoms with Crippen molar-refractivity contribution in [3.63, 3.8) is 0 Å². The maximum atomic E-state index is 13.3. The lowest BCUT2D eigenvalue weighted by Gasteiger charge is -2.29. The lowest BCUT2D eigenvalue weighted by atomic mass is 9.73. The molecular formula is C29H32N2O4. The summed E-state index contributed by atoms with van der Waals surface area (Å²) in [6, 6.07) is 18.7. The van der Waals surface area contributed by atoms with Crippen molar-refractivity contribution in [2.75, 3.05) is 6.61 Å². The Morgan fingerprint density at radius 1 is 1.00 bits per heavy atom. The van der Waals surface area contributed by atoms with E-state index < -0.39 is 5.41 Å². The van der Waals surface area contributed by atoms with Crippen LogP contribution in [0.3, 0.4) is 0 Å². The van der Waals surface area contributed by atoms with Crippen LogP contribution >= 0.6 is 0 Å². The summed E-state index contributed by atoms with van der Waals surface area (Å²) in [6.45, 7) is 8.59. The molecule has 35 heavy (non-hydrogen) atoms. The Morgan fingerprint density at radius 3 is 2.23 bits per heavy atom. The molecule has 0 spiro atoms. The molecule has 3 aromatic rings. The smallest absolute Gasteiger partial charge is 0.236 e. The molecule has 1 aromatic heterocycles. The van der Waals surface area contributed by atoms with Gasteiger partial charge < -0.3 is 9.84 Å². The minimum Gasteiger partial charge on any atom is -0.508 e. The molecule has 0 unspecified atom stereocenters. The van der Waals surface area contributed by atoms with Crippen molar-refractivity contribution in [3.05, 3.63) is 88.7 Å². The number of likely N-dealkylation sites (tertiary alicyclic amines) is 1. The van der Waals surface area contributed by atoms with Crippen molar-refractivity contribution < 1.29 is 19.4 Å². The third-order valence-corrected chi connectivity index (χ3v) is 6.98. The Balaban J connectivity index is 1.39. The highest BCUT2D eigenvalue weighted by Gasteiger charge is 2.51. The average molecular weight is 473 g/mol. The van der Waals surface area contributed by atoms with Gasteiger partial charge in [-0.1, -0.05) is 43.3 Å². The first-order valence-corrected chi connectivity index (χ1v) is 12.0. The van der Waals surface area contributed by atoms with E-state index in [-0.39, 0.29) is 36.4 Å². The molecule has 0 bridgehead atoms. The number of pyridine rings is 1. The highest BCUT2D eigenvalue weighted by molar-refractivity contribution is 6.06. The summed E-state index contributed by atoms with van der Waals surface area (Å²) < 4.78 is 5.90. The summed E-state index contributed by atoms with van der Waals surface area (Å²) in [4.78, 5) is 31.8. The third-order valence-electron chi connectivity index (χ3n) is 6.98. The standard InChI is InChI=1S/C29H32N2O4/c1-19-15-26(16-20(2)30-19)35-14-13-22-5-9-24(10-6-22)21(3)29(4)17-27(33)31(28(29)34)18-23-7-11-25(32)12-8-23/h5-12,15-16,21,32H,13-14,17-18H2,1-4H3/t21-,29+/m1/s1. The molecule has 0 aliphatic carbocycles. The highest BCUT2D eigenvalue weighted by atomic mass is 16.5. The molecule has 182 valence electrons. The van der Waals surface area contributed by atoms with Crippen LogP contribution in [0.5, 0.6) is 11.5 Å². The molecular weight excluding hydrogens is 440 g/mol. The summed E-state index contributed by atoms with van der Waals surface area (Å²) >= 11 is 0. The number of phenols is 1. The summed E-state index contributed by atoms with van der Waals surface area (Å²) in [6.07, 6.45) is 0.954. The lowest BCUT2D eigenvalue weighted by molar-refractivity contribution is -0.142. The van der Waals surface area contributed by atoms with Crippen molar-refractivity contribution in [2.45, 2.75) is 53.0 Å². The summed E-state index contributed by atoms with van der Waals surface area (Å²) in [5.41, 5.74) is 4.07. The number of imide groups is 1.